The van der Waals surface area contributed by atoms with Crippen LogP contribution in [0.3, 0.4) is 0 Å². The van der Waals surface area contributed by atoms with E-state index in [9.17, 15) is 0 Å². The second-order valence-corrected chi connectivity index (χ2v) is 5.11. The van der Waals surface area contributed by atoms with E-state index >= 15 is 0 Å². The Morgan fingerprint density at radius 1 is 1.56 bits per heavy atom. The highest BCUT2D eigenvalue weighted by Gasteiger charge is 2.20. The van der Waals surface area contributed by atoms with Gasteiger partial charge in [-0.05, 0) is 31.4 Å². The Hall–Kier alpha value is -1.71. The fourth-order valence-electron chi connectivity index (χ4n) is 2.52. The molecule has 0 radical (unpaired) electrons. The van der Waals surface area contributed by atoms with Gasteiger partial charge in [-0.1, -0.05) is 29.8 Å². The van der Waals surface area contributed by atoms with Gasteiger partial charge < -0.3 is 15.8 Å². The van der Waals surface area contributed by atoms with Crippen molar-refractivity contribution < 1.29 is 5.21 Å². The molecule has 1 aliphatic rings. The molecule has 0 aliphatic carbocycles. The van der Waals surface area contributed by atoms with Crippen molar-refractivity contribution in [2.45, 2.75) is 26.7 Å². The Morgan fingerprint density at radius 2 is 2.33 bits per heavy atom. The Morgan fingerprint density at radius 3 is 3.06 bits per heavy atom. The number of oxime groups is 1. The summed E-state index contributed by atoms with van der Waals surface area (Å²) in [6, 6.07) is 6.59. The van der Waals surface area contributed by atoms with Crippen molar-refractivity contribution in [3.8, 4) is 0 Å². The molecule has 98 valence electrons. The SMILES string of the molecule is Cc1ccc2c(c1)CCCN2CC(C)/C(N)=N/O. The quantitative estimate of drug-likeness (QED) is 0.372. The summed E-state index contributed by atoms with van der Waals surface area (Å²) in [5.41, 5.74) is 9.66. The van der Waals surface area contributed by atoms with Crippen molar-refractivity contribution in [3.63, 3.8) is 0 Å². The predicted molar refractivity (Wildman–Crippen MR) is 74.3 cm³/mol. The first-order chi connectivity index (χ1) is 8.61. The number of rotatable bonds is 3. The third-order valence-electron chi connectivity index (χ3n) is 3.56. The van der Waals surface area contributed by atoms with Gasteiger partial charge in [0.1, 0.15) is 5.84 Å². The van der Waals surface area contributed by atoms with Crippen LogP contribution in [0.4, 0.5) is 5.69 Å². The van der Waals surface area contributed by atoms with Gasteiger partial charge in [-0.2, -0.15) is 0 Å². The zero-order chi connectivity index (χ0) is 13.1. The van der Waals surface area contributed by atoms with Crippen molar-refractivity contribution in [3.05, 3.63) is 29.3 Å². The summed E-state index contributed by atoms with van der Waals surface area (Å²) in [4.78, 5) is 2.33. The highest BCUT2D eigenvalue weighted by atomic mass is 16.4. The molecule has 1 atom stereocenters. The lowest BCUT2D eigenvalue weighted by atomic mass is 9.98. The second kappa shape index (κ2) is 5.29. The molecule has 0 aromatic heterocycles. The van der Waals surface area contributed by atoms with Gasteiger partial charge in [0.25, 0.3) is 0 Å². The molecule has 1 aromatic carbocycles. The smallest absolute Gasteiger partial charge is 0.143 e. The van der Waals surface area contributed by atoms with E-state index in [1.165, 1.54) is 23.2 Å². The van der Waals surface area contributed by atoms with Gasteiger partial charge >= 0.3 is 0 Å². The third kappa shape index (κ3) is 2.58. The molecule has 1 aromatic rings. The molecule has 1 unspecified atom stereocenters. The van der Waals surface area contributed by atoms with Gasteiger partial charge in [0, 0.05) is 24.7 Å². The zero-order valence-corrected chi connectivity index (χ0v) is 11.1. The summed E-state index contributed by atoms with van der Waals surface area (Å²) >= 11 is 0. The van der Waals surface area contributed by atoms with Crippen molar-refractivity contribution >= 4 is 11.5 Å². The number of hydrogen-bond donors (Lipinski definition) is 2. The summed E-state index contributed by atoms with van der Waals surface area (Å²) < 4.78 is 0. The van der Waals surface area contributed by atoms with E-state index in [0.29, 0.717) is 5.84 Å². The van der Waals surface area contributed by atoms with Gasteiger partial charge in [-0.3, -0.25) is 0 Å². The molecule has 0 fully saturated rings. The second-order valence-electron chi connectivity index (χ2n) is 5.11. The molecule has 0 amide bonds. The maximum Gasteiger partial charge on any atom is 0.143 e. The first kappa shape index (κ1) is 12.7. The molecule has 1 heterocycles. The first-order valence-electron chi connectivity index (χ1n) is 6.43. The van der Waals surface area contributed by atoms with Crippen LogP contribution in [-0.4, -0.2) is 24.1 Å². The molecular weight excluding hydrogens is 226 g/mol. The zero-order valence-electron chi connectivity index (χ0n) is 11.1. The topological polar surface area (TPSA) is 61.8 Å². The van der Waals surface area contributed by atoms with E-state index in [1.54, 1.807) is 0 Å². The lowest BCUT2D eigenvalue weighted by Gasteiger charge is -2.33. The molecule has 18 heavy (non-hydrogen) atoms. The van der Waals surface area contributed by atoms with Crippen LogP contribution in [0, 0.1) is 12.8 Å². The lowest BCUT2D eigenvalue weighted by molar-refractivity contribution is 0.314. The maximum atomic E-state index is 8.71. The standard InChI is InChI=1S/C14H21N3O/c1-10-5-6-13-12(8-10)4-3-7-17(13)9-11(2)14(15)16-18/h5-6,8,11,18H,3-4,7,9H2,1-2H3,(H2,15,16). The molecule has 3 N–H and O–H groups in total. The number of aryl methyl sites for hydroxylation is 2. The van der Waals surface area contributed by atoms with Crippen LogP contribution < -0.4 is 10.6 Å². The Kier molecular flexibility index (Phi) is 3.75. The highest BCUT2D eigenvalue weighted by Crippen LogP contribution is 2.28. The molecular formula is C14H21N3O. The van der Waals surface area contributed by atoms with Gasteiger partial charge in [-0.25, -0.2) is 0 Å². The highest BCUT2D eigenvalue weighted by molar-refractivity contribution is 5.82. The molecule has 1 aliphatic heterocycles. The van der Waals surface area contributed by atoms with Crippen molar-refractivity contribution in [2.75, 3.05) is 18.0 Å². The van der Waals surface area contributed by atoms with E-state index in [4.69, 9.17) is 10.9 Å². The first-order valence-corrected chi connectivity index (χ1v) is 6.43. The molecule has 0 bridgehead atoms. The summed E-state index contributed by atoms with van der Waals surface area (Å²) in [7, 11) is 0. The van der Waals surface area contributed by atoms with Crippen LogP contribution in [-0.2, 0) is 6.42 Å². The number of amidine groups is 1. The van der Waals surface area contributed by atoms with Gasteiger partial charge in [0.05, 0.1) is 0 Å². The van der Waals surface area contributed by atoms with Crippen LogP contribution >= 0.6 is 0 Å². The van der Waals surface area contributed by atoms with Crippen LogP contribution in [0.25, 0.3) is 0 Å². The minimum Gasteiger partial charge on any atom is -0.409 e. The van der Waals surface area contributed by atoms with Crippen LogP contribution in [0.15, 0.2) is 23.4 Å². The van der Waals surface area contributed by atoms with Crippen molar-refractivity contribution in [1.82, 2.24) is 0 Å². The number of anilines is 1. The monoisotopic (exact) mass is 247 g/mol. The molecule has 0 spiro atoms. The minimum atomic E-state index is 0.0576. The molecule has 4 nitrogen and oxygen atoms in total. The number of benzene rings is 1. The average Bonchev–Trinajstić information content (AvgIpc) is 2.37. The predicted octanol–water partition coefficient (Wildman–Crippen LogP) is 2.13. The largest absolute Gasteiger partial charge is 0.409 e. The molecule has 4 heteroatoms. The summed E-state index contributed by atoms with van der Waals surface area (Å²) in [5.74, 6) is 0.358. The average molecular weight is 247 g/mol. The molecule has 2 rings (SSSR count). The Bertz CT molecular complexity index is 456. The number of nitrogens with two attached hydrogens (primary N) is 1. The summed E-state index contributed by atoms with van der Waals surface area (Å²) in [5, 5.41) is 11.8. The third-order valence-corrected chi connectivity index (χ3v) is 3.56. The van der Waals surface area contributed by atoms with Crippen molar-refractivity contribution in [1.29, 1.82) is 0 Å². The van der Waals surface area contributed by atoms with Crippen molar-refractivity contribution in [2.24, 2.45) is 16.8 Å². The Balaban J connectivity index is 2.18. The van der Waals surface area contributed by atoms with Crippen LogP contribution in [0.2, 0.25) is 0 Å². The normalized spacial score (nSPS) is 17.4. The lowest BCUT2D eigenvalue weighted by Crippen LogP contribution is -2.37. The van der Waals surface area contributed by atoms with E-state index < -0.39 is 0 Å². The van der Waals surface area contributed by atoms with Gasteiger partial charge in [-0.15, -0.1) is 0 Å². The van der Waals surface area contributed by atoms with Crippen LogP contribution in [0.1, 0.15) is 24.5 Å². The number of nitrogens with zero attached hydrogens (tertiary/aromatic N) is 2. The van der Waals surface area contributed by atoms with E-state index in [0.717, 1.165) is 19.5 Å². The Labute approximate surface area is 108 Å². The molecule has 0 saturated heterocycles. The van der Waals surface area contributed by atoms with Gasteiger partial charge in [0.2, 0.25) is 0 Å². The summed E-state index contributed by atoms with van der Waals surface area (Å²) in [6.07, 6.45) is 2.31. The summed E-state index contributed by atoms with van der Waals surface area (Å²) in [6.45, 7) is 5.95. The molecule has 0 saturated carbocycles. The van der Waals surface area contributed by atoms with E-state index in [1.807, 2.05) is 6.92 Å². The van der Waals surface area contributed by atoms with E-state index in [-0.39, 0.29) is 5.92 Å². The van der Waals surface area contributed by atoms with E-state index in [2.05, 4.69) is 35.2 Å². The maximum absolute atomic E-state index is 8.71. The fraction of sp³-hybridized carbons (Fsp3) is 0.500. The minimum absolute atomic E-state index is 0.0576. The van der Waals surface area contributed by atoms with Gasteiger partial charge in [0.15, 0.2) is 0 Å². The fourth-order valence-corrected chi connectivity index (χ4v) is 2.52. The number of fused-ring (bicyclic) bond motifs is 1. The number of hydrogen-bond acceptors (Lipinski definition) is 3. The van der Waals surface area contributed by atoms with Crippen LogP contribution in [0.5, 0.6) is 0 Å².